The molecule has 0 radical (unpaired) electrons. The standard InChI is InChI=1S/C26H30F4O/c1-3-5-15-6-7-17-16(15)8-9-18(17)19-10-11-20(24(28)23(19)27)21-12-13-22(31-14-4-2)26(30)25(21)29/h10-13,15-18H,3-9,14H2,1-2H3. The van der Waals surface area contributed by atoms with Crippen molar-refractivity contribution in [3.63, 3.8) is 0 Å². The number of rotatable bonds is 7. The summed E-state index contributed by atoms with van der Waals surface area (Å²) < 4.78 is 64.4. The Morgan fingerprint density at radius 3 is 2.13 bits per heavy atom. The third kappa shape index (κ3) is 3.96. The van der Waals surface area contributed by atoms with Crippen molar-refractivity contribution in [3.8, 4) is 16.9 Å². The highest BCUT2D eigenvalue weighted by Crippen LogP contribution is 2.56. The minimum absolute atomic E-state index is 0.00168. The number of hydrogen-bond donors (Lipinski definition) is 0. The summed E-state index contributed by atoms with van der Waals surface area (Å²) in [5, 5.41) is 0. The van der Waals surface area contributed by atoms with Gasteiger partial charge in [0.25, 0.3) is 0 Å². The monoisotopic (exact) mass is 434 g/mol. The van der Waals surface area contributed by atoms with E-state index in [0.29, 0.717) is 29.7 Å². The molecule has 5 heteroatoms. The molecule has 0 aliphatic heterocycles. The van der Waals surface area contributed by atoms with Crippen molar-refractivity contribution in [1.82, 2.24) is 0 Å². The Kier molecular flexibility index (Phi) is 6.59. The van der Waals surface area contributed by atoms with Crippen LogP contribution in [0.5, 0.6) is 5.75 Å². The first-order valence-corrected chi connectivity index (χ1v) is 11.6. The fourth-order valence-corrected chi connectivity index (χ4v) is 5.96. The number of hydrogen-bond acceptors (Lipinski definition) is 1. The van der Waals surface area contributed by atoms with Gasteiger partial charge >= 0.3 is 0 Å². The van der Waals surface area contributed by atoms with E-state index < -0.39 is 23.3 Å². The third-order valence-corrected chi connectivity index (χ3v) is 7.32. The zero-order chi connectivity index (χ0) is 22.1. The summed E-state index contributed by atoms with van der Waals surface area (Å²) in [6, 6.07) is 5.48. The molecule has 0 N–H and O–H groups in total. The van der Waals surface area contributed by atoms with Gasteiger partial charge in [0.15, 0.2) is 23.2 Å². The van der Waals surface area contributed by atoms with Crippen molar-refractivity contribution >= 4 is 0 Å². The van der Waals surface area contributed by atoms with Crippen molar-refractivity contribution in [2.45, 2.75) is 64.7 Å². The Balaban J connectivity index is 1.63. The molecule has 0 saturated heterocycles. The van der Waals surface area contributed by atoms with Gasteiger partial charge in [0.05, 0.1) is 6.61 Å². The van der Waals surface area contributed by atoms with Crippen LogP contribution in [0.3, 0.4) is 0 Å². The molecular formula is C26H30F4O. The Morgan fingerprint density at radius 2 is 1.42 bits per heavy atom. The molecule has 2 fully saturated rings. The molecule has 0 aromatic heterocycles. The molecular weight excluding hydrogens is 404 g/mol. The smallest absolute Gasteiger partial charge is 0.201 e. The molecule has 1 nitrogen and oxygen atoms in total. The first-order chi connectivity index (χ1) is 15.0. The highest BCUT2D eigenvalue weighted by Gasteiger charge is 2.45. The van der Waals surface area contributed by atoms with Crippen LogP contribution in [0.15, 0.2) is 24.3 Å². The van der Waals surface area contributed by atoms with Crippen molar-refractivity contribution in [2.75, 3.05) is 6.61 Å². The van der Waals surface area contributed by atoms with Gasteiger partial charge in [-0.1, -0.05) is 38.8 Å². The predicted molar refractivity (Wildman–Crippen MR) is 114 cm³/mol. The topological polar surface area (TPSA) is 9.23 Å². The van der Waals surface area contributed by atoms with Crippen molar-refractivity contribution < 1.29 is 22.3 Å². The molecule has 2 aromatic carbocycles. The van der Waals surface area contributed by atoms with Gasteiger partial charge in [-0.25, -0.2) is 13.2 Å². The van der Waals surface area contributed by atoms with Gasteiger partial charge in [0.1, 0.15) is 0 Å². The van der Waals surface area contributed by atoms with E-state index in [1.165, 1.54) is 31.0 Å². The SMILES string of the molecule is CCCOc1ccc(-c2ccc(C3CCC4C(CCC)CCC34)c(F)c2F)c(F)c1F. The van der Waals surface area contributed by atoms with Crippen LogP contribution in [-0.4, -0.2) is 6.61 Å². The van der Waals surface area contributed by atoms with Gasteiger partial charge in [-0.2, -0.15) is 4.39 Å². The van der Waals surface area contributed by atoms with E-state index in [1.807, 2.05) is 6.92 Å². The van der Waals surface area contributed by atoms with E-state index in [0.717, 1.165) is 25.7 Å². The molecule has 0 bridgehead atoms. The normalized spacial score (nSPS) is 25.1. The summed E-state index contributed by atoms with van der Waals surface area (Å²) in [6.45, 7) is 4.29. The van der Waals surface area contributed by atoms with Crippen molar-refractivity contribution in [1.29, 1.82) is 0 Å². The van der Waals surface area contributed by atoms with E-state index in [4.69, 9.17) is 4.74 Å². The van der Waals surface area contributed by atoms with E-state index in [1.54, 1.807) is 6.07 Å². The fraction of sp³-hybridized carbons (Fsp3) is 0.538. The summed E-state index contributed by atoms with van der Waals surface area (Å²) in [5.74, 6) is -2.98. The highest BCUT2D eigenvalue weighted by atomic mass is 19.2. The molecule has 31 heavy (non-hydrogen) atoms. The predicted octanol–water partition coefficient (Wildman–Crippen LogP) is 8.02. The molecule has 168 valence electrons. The summed E-state index contributed by atoms with van der Waals surface area (Å²) in [7, 11) is 0. The number of halogens is 4. The van der Waals surface area contributed by atoms with Crippen LogP contribution < -0.4 is 4.74 Å². The average molecular weight is 435 g/mol. The average Bonchev–Trinajstić information content (AvgIpc) is 3.35. The van der Waals surface area contributed by atoms with Gasteiger partial charge in [0, 0.05) is 11.1 Å². The first kappa shape index (κ1) is 22.2. The molecule has 0 spiro atoms. The number of ether oxygens (including phenoxy) is 1. The third-order valence-electron chi connectivity index (χ3n) is 7.32. The van der Waals surface area contributed by atoms with Crippen LogP contribution >= 0.6 is 0 Å². The quantitative estimate of drug-likeness (QED) is 0.401. The molecule has 2 aromatic rings. The zero-order valence-corrected chi connectivity index (χ0v) is 18.2. The lowest BCUT2D eigenvalue weighted by atomic mass is 9.83. The van der Waals surface area contributed by atoms with Crippen LogP contribution in [0.25, 0.3) is 11.1 Å². The van der Waals surface area contributed by atoms with Gasteiger partial charge in [0.2, 0.25) is 5.82 Å². The Bertz CT molecular complexity index is 941. The minimum Gasteiger partial charge on any atom is -0.490 e. The fourth-order valence-electron chi connectivity index (χ4n) is 5.96. The Labute approximate surface area is 181 Å². The van der Waals surface area contributed by atoms with Gasteiger partial charge in [-0.3, -0.25) is 0 Å². The maximum atomic E-state index is 15.2. The first-order valence-electron chi connectivity index (χ1n) is 11.6. The van der Waals surface area contributed by atoms with Crippen molar-refractivity contribution in [3.05, 3.63) is 53.1 Å². The Morgan fingerprint density at radius 1 is 0.742 bits per heavy atom. The van der Waals surface area contributed by atoms with E-state index in [-0.39, 0.29) is 29.4 Å². The van der Waals surface area contributed by atoms with Gasteiger partial charge in [-0.15, -0.1) is 0 Å². The molecule has 0 heterocycles. The summed E-state index contributed by atoms with van der Waals surface area (Å²) in [4.78, 5) is 0. The van der Waals surface area contributed by atoms with Crippen LogP contribution in [-0.2, 0) is 0 Å². The maximum Gasteiger partial charge on any atom is 0.201 e. The number of benzene rings is 2. The second-order valence-electron chi connectivity index (χ2n) is 9.06. The second kappa shape index (κ2) is 9.22. The van der Waals surface area contributed by atoms with Crippen LogP contribution in [0.1, 0.15) is 70.3 Å². The number of fused-ring (bicyclic) bond motifs is 1. The molecule has 4 unspecified atom stereocenters. The van der Waals surface area contributed by atoms with Crippen LogP contribution in [0.4, 0.5) is 17.6 Å². The molecule has 0 amide bonds. The van der Waals surface area contributed by atoms with Gasteiger partial charge < -0.3 is 4.74 Å². The second-order valence-corrected chi connectivity index (χ2v) is 9.06. The lowest BCUT2D eigenvalue weighted by molar-refractivity contribution is 0.295. The lowest BCUT2D eigenvalue weighted by Crippen LogP contribution is -2.13. The molecule has 4 atom stereocenters. The molecule has 2 saturated carbocycles. The molecule has 4 rings (SSSR count). The largest absolute Gasteiger partial charge is 0.490 e. The summed E-state index contributed by atoms with van der Waals surface area (Å²) in [5.41, 5.74) is -0.170. The molecule has 2 aliphatic carbocycles. The summed E-state index contributed by atoms with van der Waals surface area (Å²) >= 11 is 0. The van der Waals surface area contributed by atoms with Crippen molar-refractivity contribution in [2.24, 2.45) is 17.8 Å². The van der Waals surface area contributed by atoms with E-state index in [9.17, 15) is 8.78 Å². The van der Waals surface area contributed by atoms with E-state index in [2.05, 4.69) is 6.92 Å². The summed E-state index contributed by atoms with van der Waals surface area (Å²) in [6.07, 6.45) is 7.14. The zero-order valence-electron chi connectivity index (χ0n) is 18.2. The van der Waals surface area contributed by atoms with Crippen LogP contribution in [0.2, 0.25) is 0 Å². The van der Waals surface area contributed by atoms with E-state index >= 15 is 8.78 Å². The van der Waals surface area contributed by atoms with Gasteiger partial charge in [-0.05, 0) is 73.5 Å². The van der Waals surface area contributed by atoms with Crippen LogP contribution in [0, 0.1) is 41.0 Å². The Hall–Kier alpha value is -2.04. The lowest BCUT2D eigenvalue weighted by Gasteiger charge is -2.22. The minimum atomic E-state index is -1.22. The maximum absolute atomic E-state index is 15.2. The highest BCUT2D eigenvalue weighted by molar-refractivity contribution is 5.67. The molecule has 2 aliphatic rings.